The number of anilines is 1. The second-order valence-corrected chi connectivity index (χ2v) is 8.87. The molecule has 4 rings (SSSR count). The molecule has 1 aliphatic heterocycles. The standard InChI is InChI=1S/C24H30N4O2/c1-18-9-5-6-10-19(18)17-28-21-12-8-7-11-20(21)25-22(28)26-13-15-27(16-14-26)23(29)30-24(2,3)4/h5-12H,13-17H2,1-4H3. The fourth-order valence-corrected chi connectivity index (χ4v) is 3.83. The van der Waals surface area contributed by atoms with E-state index in [2.05, 4.69) is 58.9 Å². The van der Waals surface area contributed by atoms with Crippen LogP contribution in [0, 0.1) is 6.92 Å². The maximum Gasteiger partial charge on any atom is 0.410 e. The first-order valence-corrected chi connectivity index (χ1v) is 10.5. The van der Waals surface area contributed by atoms with E-state index in [4.69, 9.17) is 9.72 Å². The van der Waals surface area contributed by atoms with Crippen molar-refractivity contribution in [2.75, 3.05) is 31.1 Å². The van der Waals surface area contributed by atoms with Crippen LogP contribution in [0.3, 0.4) is 0 Å². The average Bonchev–Trinajstić information content (AvgIpc) is 3.07. The summed E-state index contributed by atoms with van der Waals surface area (Å²) in [6.45, 7) is 11.3. The van der Waals surface area contributed by atoms with E-state index in [-0.39, 0.29) is 6.09 Å². The Morgan fingerprint density at radius 1 is 1.00 bits per heavy atom. The van der Waals surface area contributed by atoms with Crippen LogP contribution in [0.2, 0.25) is 0 Å². The average molecular weight is 407 g/mol. The van der Waals surface area contributed by atoms with Gasteiger partial charge in [0.25, 0.3) is 0 Å². The molecule has 0 spiro atoms. The number of para-hydroxylation sites is 2. The molecule has 158 valence electrons. The number of benzene rings is 2. The molecule has 6 heteroatoms. The topological polar surface area (TPSA) is 50.6 Å². The Balaban J connectivity index is 1.58. The number of carbonyl (C=O) groups is 1. The summed E-state index contributed by atoms with van der Waals surface area (Å²) in [5, 5.41) is 0. The van der Waals surface area contributed by atoms with Gasteiger partial charge in [-0.25, -0.2) is 9.78 Å². The highest BCUT2D eigenvalue weighted by atomic mass is 16.6. The summed E-state index contributed by atoms with van der Waals surface area (Å²) in [7, 11) is 0. The van der Waals surface area contributed by atoms with Gasteiger partial charge >= 0.3 is 6.09 Å². The molecule has 0 unspecified atom stereocenters. The van der Waals surface area contributed by atoms with Crippen molar-refractivity contribution in [1.29, 1.82) is 0 Å². The number of aromatic nitrogens is 2. The number of fused-ring (bicyclic) bond motifs is 1. The van der Waals surface area contributed by atoms with E-state index in [0.29, 0.717) is 13.1 Å². The molecule has 0 aliphatic carbocycles. The molecule has 3 aromatic rings. The molecule has 2 aromatic carbocycles. The van der Waals surface area contributed by atoms with Crippen molar-refractivity contribution < 1.29 is 9.53 Å². The molecule has 0 N–H and O–H groups in total. The summed E-state index contributed by atoms with van der Waals surface area (Å²) in [5.74, 6) is 0.961. The molecule has 1 aromatic heterocycles. The lowest BCUT2D eigenvalue weighted by Crippen LogP contribution is -2.50. The molecule has 0 radical (unpaired) electrons. The Bertz CT molecular complexity index is 1040. The fraction of sp³-hybridized carbons (Fsp3) is 0.417. The van der Waals surface area contributed by atoms with E-state index >= 15 is 0 Å². The molecule has 6 nitrogen and oxygen atoms in total. The first kappa shape index (κ1) is 20.3. The van der Waals surface area contributed by atoms with Gasteiger partial charge < -0.3 is 19.1 Å². The number of ether oxygens (including phenoxy) is 1. The first-order chi connectivity index (χ1) is 14.3. The number of imidazole rings is 1. The first-order valence-electron chi connectivity index (χ1n) is 10.5. The van der Waals surface area contributed by atoms with Gasteiger partial charge in [0.1, 0.15) is 5.60 Å². The molecule has 1 fully saturated rings. The van der Waals surface area contributed by atoms with E-state index in [0.717, 1.165) is 36.6 Å². The lowest BCUT2D eigenvalue weighted by atomic mass is 10.1. The summed E-state index contributed by atoms with van der Waals surface area (Å²) < 4.78 is 7.82. The Morgan fingerprint density at radius 2 is 1.67 bits per heavy atom. The molecular formula is C24H30N4O2. The van der Waals surface area contributed by atoms with E-state index in [1.807, 2.05) is 26.8 Å². The van der Waals surface area contributed by atoms with Crippen molar-refractivity contribution in [2.24, 2.45) is 0 Å². The number of amides is 1. The fourth-order valence-electron chi connectivity index (χ4n) is 3.83. The molecule has 1 amide bonds. The Morgan fingerprint density at radius 3 is 2.37 bits per heavy atom. The molecule has 1 saturated heterocycles. The predicted octanol–water partition coefficient (Wildman–Crippen LogP) is 4.45. The monoisotopic (exact) mass is 406 g/mol. The summed E-state index contributed by atoms with van der Waals surface area (Å²) in [4.78, 5) is 21.4. The van der Waals surface area contributed by atoms with Crippen LogP contribution in [0.1, 0.15) is 31.9 Å². The quantitative estimate of drug-likeness (QED) is 0.645. The second kappa shape index (κ2) is 8.01. The van der Waals surface area contributed by atoms with Crippen molar-refractivity contribution in [3.63, 3.8) is 0 Å². The highest BCUT2D eigenvalue weighted by Crippen LogP contribution is 2.26. The maximum absolute atomic E-state index is 12.4. The van der Waals surface area contributed by atoms with Crippen molar-refractivity contribution in [1.82, 2.24) is 14.5 Å². The third-order valence-corrected chi connectivity index (χ3v) is 5.44. The van der Waals surface area contributed by atoms with Gasteiger partial charge in [-0.05, 0) is 51.0 Å². The van der Waals surface area contributed by atoms with E-state index in [9.17, 15) is 4.79 Å². The smallest absolute Gasteiger partial charge is 0.410 e. The lowest BCUT2D eigenvalue weighted by molar-refractivity contribution is 0.0240. The number of piperazine rings is 1. The zero-order chi connectivity index (χ0) is 21.3. The minimum absolute atomic E-state index is 0.240. The summed E-state index contributed by atoms with van der Waals surface area (Å²) in [5.41, 5.74) is 4.21. The van der Waals surface area contributed by atoms with Crippen LogP contribution in [-0.4, -0.2) is 52.3 Å². The Labute approximate surface area is 178 Å². The highest BCUT2D eigenvalue weighted by Gasteiger charge is 2.28. The zero-order valence-electron chi connectivity index (χ0n) is 18.3. The van der Waals surface area contributed by atoms with E-state index in [1.54, 1.807) is 4.90 Å². The molecule has 0 saturated carbocycles. The number of carbonyl (C=O) groups excluding carboxylic acids is 1. The second-order valence-electron chi connectivity index (χ2n) is 8.87. The number of aryl methyl sites for hydroxylation is 1. The lowest BCUT2D eigenvalue weighted by Gasteiger charge is -2.36. The normalized spacial score (nSPS) is 14.9. The number of nitrogens with zero attached hydrogens (tertiary/aromatic N) is 4. The third kappa shape index (κ3) is 4.27. The van der Waals surface area contributed by atoms with Gasteiger partial charge in [-0.15, -0.1) is 0 Å². The van der Waals surface area contributed by atoms with Crippen LogP contribution in [-0.2, 0) is 11.3 Å². The van der Waals surface area contributed by atoms with Crippen molar-refractivity contribution >= 4 is 23.1 Å². The van der Waals surface area contributed by atoms with Gasteiger partial charge in [0, 0.05) is 26.2 Å². The van der Waals surface area contributed by atoms with Gasteiger partial charge in [0.05, 0.1) is 17.6 Å². The van der Waals surface area contributed by atoms with Gasteiger partial charge in [-0.3, -0.25) is 0 Å². The molecule has 1 aliphatic rings. The van der Waals surface area contributed by atoms with Crippen LogP contribution in [0.5, 0.6) is 0 Å². The van der Waals surface area contributed by atoms with Gasteiger partial charge in [0.15, 0.2) is 0 Å². The molecule has 0 atom stereocenters. The Kier molecular flexibility index (Phi) is 5.41. The summed E-state index contributed by atoms with van der Waals surface area (Å²) >= 11 is 0. The van der Waals surface area contributed by atoms with Crippen LogP contribution >= 0.6 is 0 Å². The largest absolute Gasteiger partial charge is 0.444 e. The molecule has 30 heavy (non-hydrogen) atoms. The van der Waals surface area contributed by atoms with Crippen LogP contribution in [0.4, 0.5) is 10.7 Å². The van der Waals surface area contributed by atoms with Crippen LogP contribution in [0.25, 0.3) is 11.0 Å². The van der Waals surface area contributed by atoms with Crippen molar-refractivity contribution in [2.45, 2.75) is 39.8 Å². The van der Waals surface area contributed by atoms with Crippen molar-refractivity contribution in [3.8, 4) is 0 Å². The third-order valence-electron chi connectivity index (χ3n) is 5.44. The van der Waals surface area contributed by atoms with Crippen molar-refractivity contribution in [3.05, 3.63) is 59.7 Å². The van der Waals surface area contributed by atoms with Gasteiger partial charge in [-0.1, -0.05) is 36.4 Å². The number of rotatable bonds is 3. The van der Waals surface area contributed by atoms with Crippen LogP contribution in [0.15, 0.2) is 48.5 Å². The van der Waals surface area contributed by atoms with Gasteiger partial charge in [-0.2, -0.15) is 0 Å². The van der Waals surface area contributed by atoms with E-state index < -0.39 is 5.60 Å². The minimum Gasteiger partial charge on any atom is -0.444 e. The molecule has 0 bridgehead atoms. The van der Waals surface area contributed by atoms with Crippen LogP contribution < -0.4 is 4.90 Å². The van der Waals surface area contributed by atoms with E-state index in [1.165, 1.54) is 11.1 Å². The summed E-state index contributed by atoms with van der Waals surface area (Å²) in [6.07, 6.45) is -0.240. The minimum atomic E-state index is -0.476. The number of hydrogen-bond donors (Lipinski definition) is 0. The summed E-state index contributed by atoms with van der Waals surface area (Å²) in [6, 6.07) is 16.7. The predicted molar refractivity (Wildman–Crippen MR) is 120 cm³/mol. The number of hydrogen-bond acceptors (Lipinski definition) is 4. The zero-order valence-corrected chi connectivity index (χ0v) is 18.3. The van der Waals surface area contributed by atoms with Gasteiger partial charge in [0.2, 0.25) is 5.95 Å². The highest BCUT2D eigenvalue weighted by molar-refractivity contribution is 5.79. The molecular weight excluding hydrogens is 376 g/mol. The Hall–Kier alpha value is -3.02. The SMILES string of the molecule is Cc1ccccc1Cn1c(N2CCN(C(=O)OC(C)(C)C)CC2)nc2ccccc21. The molecule has 2 heterocycles. The maximum atomic E-state index is 12.4.